The Labute approximate surface area is 226 Å². The number of rotatable bonds is 8. The number of benzene rings is 2. The maximum absolute atomic E-state index is 13.8. The van der Waals surface area contributed by atoms with Crippen molar-refractivity contribution in [3.05, 3.63) is 64.7 Å². The number of aromatic nitrogens is 2. The molecule has 0 aliphatic carbocycles. The molecule has 0 spiro atoms. The molecule has 2 heterocycles. The number of carbonyl (C=O) groups is 1. The van der Waals surface area contributed by atoms with Gasteiger partial charge in [0, 0.05) is 32.6 Å². The highest BCUT2D eigenvalue weighted by Crippen LogP contribution is 2.29. The highest BCUT2D eigenvalue weighted by molar-refractivity contribution is 5.78. The quantitative estimate of drug-likeness (QED) is 0.397. The molecule has 1 fully saturated rings. The molecule has 0 saturated carbocycles. The highest BCUT2D eigenvalue weighted by atomic mass is 16.5. The minimum atomic E-state index is -0.126. The summed E-state index contributed by atoms with van der Waals surface area (Å²) in [6, 6.07) is 15.0. The van der Waals surface area contributed by atoms with Crippen molar-refractivity contribution in [2.45, 2.75) is 60.4 Å². The predicted octanol–water partition coefficient (Wildman–Crippen LogP) is 5.45. The summed E-state index contributed by atoms with van der Waals surface area (Å²) in [6.45, 7) is 16.2. The van der Waals surface area contributed by atoms with Gasteiger partial charge in [-0.25, -0.2) is 4.98 Å². The minimum Gasteiger partial charge on any atom is -0.492 e. The molecule has 1 aliphatic rings. The van der Waals surface area contributed by atoms with Crippen LogP contribution in [-0.4, -0.2) is 58.0 Å². The van der Waals surface area contributed by atoms with Crippen molar-refractivity contribution >= 4 is 16.8 Å². The second-order valence-electron chi connectivity index (χ2n) is 11.7. The van der Waals surface area contributed by atoms with Gasteiger partial charge in [0.05, 0.1) is 29.2 Å². The van der Waals surface area contributed by atoms with Gasteiger partial charge in [-0.05, 0) is 55.9 Å². The first-order valence-corrected chi connectivity index (χ1v) is 13.8. The van der Waals surface area contributed by atoms with Crippen molar-refractivity contribution in [1.29, 1.82) is 0 Å². The molecule has 2 unspecified atom stereocenters. The van der Waals surface area contributed by atoms with Crippen LogP contribution < -0.4 is 10.3 Å². The van der Waals surface area contributed by atoms with Crippen LogP contribution in [0.5, 0.6) is 5.75 Å². The maximum Gasteiger partial charge on any atom is 0.266 e. The van der Waals surface area contributed by atoms with Crippen LogP contribution in [-0.2, 0) is 4.79 Å². The highest BCUT2D eigenvalue weighted by Gasteiger charge is 2.29. The molecule has 7 heteroatoms. The smallest absolute Gasteiger partial charge is 0.266 e. The van der Waals surface area contributed by atoms with Gasteiger partial charge in [0.15, 0.2) is 0 Å². The summed E-state index contributed by atoms with van der Waals surface area (Å²) in [5, 5.41) is 0.578. The number of carbonyl (C=O) groups excluding carboxylic acids is 1. The van der Waals surface area contributed by atoms with Gasteiger partial charge in [0.1, 0.15) is 11.6 Å². The lowest BCUT2D eigenvalue weighted by atomic mass is 9.84. The van der Waals surface area contributed by atoms with E-state index in [0.29, 0.717) is 60.2 Å². The first kappa shape index (κ1) is 27.8. The molecule has 0 radical (unpaired) electrons. The van der Waals surface area contributed by atoms with Crippen molar-refractivity contribution in [1.82, 2.24) is 19.4 Å². The van der Waals surface area contributed by atoms with Crippen LogP contribution in [0.3, 0.4) is 0 Å². The van der Waals surface area contributed by atoms with Gasteiger partial charge in [0.2, 0.25) is 5.91 Å². The van der Waals surface area contributed by atoms with Crippen LogP contribution in [0.1, 0.15) is 66.3 Å². The van der Waals surface area contributed by atoms with E-state index in [1.807, 2.05) is 60.4 Å². The Morgan fingerprint density at radius 2 is 1.66 bits per heavy atom. The largest absolute Gasteiger partial charge is 0.492 e. The van der Waals surface area contributed by atoms with Gasteiger partial charge >= 0.3 is 0 Å². The van der Waals surface area contributed by atoms with E-state index in [4.69, 9.17) is 9.72 Å². The summed E-state index contributed by atoms with van der Waals surface area (Å²) >= 11 is 0. The lowest BCUT2D eigenvalue weighted by Gasteiger charge is -2.38. The van der Waals surface area contributed by atoms with Crippen molar-refractivity contribution < 1.29 is 9.53 Å². The molecule has 4 rings (SSSR count). The summed E-state index contributed by atoms with van der Waals surface area (Å²) in [4.78, 5) is 36.2. The number of hydrogen-bond donors (Lipinski definition) is 0. The van der Waals surface area contributed by atoms with Crippen LogP contribution >= 0.6 is 0 Å². The van der Waals surface area contributed by atoms with Gasteiger partial charge in [0.25, 0.3) is 5.56 Å². The number of hydrogen-bond acceptors (Lipinski definition) is 5. The van der Waals surface area contributed by atoms with E-state index in [9.17, 15) is 9.59 Å². The van der Waals surface area contributed by atoms with Gasteiger partial charge < -0.3 is 9.64 Å². The lowest BCUT2D eigenvalue weighted by molar-refractivity contribution is -0.134. The van der Waals surface area contributed by atoms with E-state index in [-0.39, 0.29) is 22.9 Å². The average Bonchev–Trinajstić information content (AvgIpc) is 2.88. The van der Waals surface area contributed by atoms with E-state index in [1.54, 1.807) is 4.57 Å². The Balaban J connectivity index is 1.59. The SMILES string of the molecule is CCOc1ccccc1-n1c(C(C)N2CCN(C(=O)CC(C)CC(C)(C)C)CC2)nc2ccccc2c1=O. The number of fused-ring (bicyclic) bond motifs is 1. The fourth-order valence-corrected chi connectivity index (χ4v) is 5.65. The monoisotopic (exact) mass is 518 g/mol. The van der Waals surface area contributed by atoms with E-state index in [2.05, 4.69) is 39.5 Å². The summed E-state index contributed by atoms with van der Waals surface area (Å²) in [5.41, 5.74) is 1.50. The maximum atomic E-state index is 13.8. The Kier molecular flexibility index (Phi) is 8.56. The third-order valence-corrected chi connectivity index (χ3v) is 7.28. The molecule has 1 aliphatic heterocycles. The molecule has 0 bridgehead atoms. The zero-order valence-electron chi connectivity index (χ0n) is 23.7. The van der Waals surface area contributed by atoms with Crippen LogP contribution in [0.15, 0.2) is 53.3 Å². The van der Waals surface area contributed by atoms with E-state index in [0.717, 1.165) is 19.5 Å². The third-order valence-electron chi connectivity index (χ3n) is 7.28. The number of piperazine rings is 1. The number of para-hydroxylation sites is 3. The van der Waals surface area contributed by atoms with E-state index in [1.165, 1.54) is 0 Å². The molecule has 1 aromatic heterocycles. The molecular formula is C31H42N4O3. The summed E-state index contributed by atoms with van der Waals surface area (Å²) in [7, 11) is 0. The van der Waals surface area contributed by atoms with Crippen LogP contribution in [0.4, 0.5) is 0 Å². The van der Waals surface area contributed by atoms with E-state index >= 15 is 0 Å². The first-order valence-electron chi connectivity index (χ1n) is 13.8. The van der Waals surface area contributed by atoms with Gasteiger partial charge in [-0.1, -0.05) is 52.0 Å². The zero-order valence-corrected chi connectivity index (χ0v) is 23.7. The molecule has 2 atom stereocenters. The standard InChI is InChI=1S/C31H42N4O3/c1-7-38-27-15-11-10-14-26(27)35-29(32-25-13-9-8-12-24(25)30(35)37)23(3)33-16-18-34(19-17-33)28(36)20-22(2)21-31(4,5)6/h8-15,22-23H,7,16-21H2,1-6H3. The zero-order chi connectivity index (χ0) is 27.4. The molecule has 7 nitrogen and oxygen atoms in total. The molecular weight excluding hydrogens is 476 g/mol. The molecule has 0 N–H and O–H groups in total. The van der Waals surface area contributed by atoms with Crippen molar-refractivity contribution in [2.24, 2.45) is 11.3 Å². The van der Waals surface area contributed by atoms with Gasteiger partial charge in [-0.2, -0.15) is 0 Å². The topological polar surface area (TPSA) is 67.7 Å². The summed E-state index contributed by atoms with van der Waals surface area (Å²) in [5.74, 6) is 1.93. The number of ether oxygens (including phenoxy) is 1. The molecule has 1 saturated heterocycles. The van der Waals surface area contributed by atoms with E-state index < -0.39 is 0 Å². The molecule has 1 amide bonds. The minimum absolute atomic E-state index is 0.105. The Morgan fingerprint density at radius 1 is 1.00 bits per heavy atom. The lowest BCUT2D eigenvalue weighted by Crippen LogP contribution is -2.50. The van der Waals surface area contributed by atoms with Crippen LogP contribution in [0, 0.1) is 11.3 Å². The fraction of sp³-hybridized carbons (Fsp3) is 0.516. The Hall–Kier alpha value is -3.19. The van der Waals surface area contributed by atoms with Crippen LogP contribution in [0.2, 0.25) is 0 Å². The summed E-state index contributed by atoms with van der Waals surface area (Å²) in [6.07, 6.45) is 1.62. The molecule has 3 aromatic rings. The van der Waals surface area contributed by atoms with Gasteiger partial charge in [-0.15, -0.1) is 0 Å². The normalized spacial score (nSPS) is 16.4. The molecule has 204 valence electrons. The average molecular weight is 519 g/mol. The Bertz CT molecular complexity index is 1320. The predicted molar refractivity (Wildman–Crippen MR) is 153 cm³/mol. The molecule has 38 heavy (non-hydrogen) atoms. The first-order chi connectivity index (χ1) is 18.1. The van der Waals surface area contributed by atoms with Crippen molar-refractivity contribution in [2.75, 3.05) is 32.8 Å². The fourth-order valence-electron chi connectivity index (χ4n) is 5.65. The molecule has 2 aromatic carbocycles. The summed E-state index contributed by atoms with van der Waals surface area (Å²) < 4.78 is 7.61. The van der Waals surface area contributed by atoms with Crippen molar-refractivity contribution in [3.63, 3.8) is 0 Å². The number of nitrogens with zero attached hydrogens (tertiary/aromatic N) is 4. The number of amides is 1. The van der Waals surface area contributed by atoms with Crippen LogP contribution in [0.25, 0.3) is 16.6 Å². The van der Waals surface area contributed by atoms with Gasteiger partial charge in [-0.3, -0.25) is 19.1 Å². The second kappa shape index (κ2) is 11.7. The second-order valence-corrected chi connectivity index (χ2v) is 11.7. The van der Waals surface area contributed by atoms with Crippen molar-refractivity contribution in [3.8, 4) is 11.4 Å². The Morgan fingerprint density at radius 3 is 2.34 bits per heavy atom. The third kappa shape index (κ3) is 6.26.